The molecule has 3 aromatic rings. The normalized spacial score (nSPS) is 21.2. The summed E-state index contributed by atoms with van der Waals surface area (Å²) in [5, 5.41) is 0. The molecule has 0 radical (unpaired) electrons. The second-order valence-electron chi connectivity index (χ2n) is 11.5. The summed E-state index contributed by atoms with van der Waals surface area (Å²) in [6.07, 6.45) is 0.694. The van der Waals surface area contributed by atoms with Gasteiger partial charge in [0.15, 0.2) is 0 Å². The van der Waals surface area contributed by atoms with Gasteiger partial charge in [-0.2, -0.15) is 13.2 Å². The van der Waals surface area contributed by atoms with Crippen molar-refractivity contribution < 1.29 is 30.4 Å². The average Bonchev–Trinajstić information content (AvgIpc) is 3.53. The second-order valence-corrected chi connectivity index (χ2v) is 13.2. The van der Waals surface area contributed by atoms with Crippen molar-refractivity contribution in [3.63, 3.8) is 0 Å². The molecule has 1 heterocycles. The molecule has 2 fully saturated rings. The van der Waals surface area contributed by atoms with Crippen molar-refractivity contribution in [3.8, 4) is 0 Å². The van der Waals surface area contributed by atoms with Crippen LogP contribution in [0.3, 0.4) is 0 Å². The van der Waals surface area contributed by atoms with E-state index in [4.69, 9.17) is 0 Å². The molecule has 1 saturated carbocycles. The average molecular weight is 607 g/mol. The smallest absolute Gasteiger partial charge is 0.303 e. The first-order valence-electron chi connectivity index (χ1n) is 14.4. The van der Waals surface area contributed by atoms with Crippen LogP contribution in [-0.4, -0.2) is 39.0 Å². The van der Waals surface area contributed by atoms with Crippen LogP contribution in [0.1, 0.15) is 61.1 Å². The number of hydrogen-bond acceptors (Lipinski definition) is 3. The van der Waals surface area contributed by atoms with E-state index in [1.54, 1.807) is 24.3 Å². The number of likely N-dealkylation sites (tertiary alicyclic amines) is 1. The first kappa shape index (κ1) is 30.6. The number of nitrogens with zero attached hydrogens (tertiary/aromatic N) is 1. The molecule has 4 nitrogen and oxygen atoms in total. The molecule has 0 unspecified atom stereocenters. The van der Waals surface area contributed by atoms with Crippen molar-refractivity contribution >= 4 is 10.0 Å². The van der Waals surface area contributed by atoms with Gasteiger partial charge in [-0.1, -0.05) is 43.2 Å². The standard InChI is InChI=1S/C32H35F5N2O2S/c33-26-13-8-22(9-14-26)29(23-10-15-27(34)16-11-23)7-2-1-3-18-39-20-24-12-17-31(30(24)21-39)38-42(40,41)28-6-4-5-25(19-28)32(35,36)37/h4-6,8-11,13-16,19,24,29-31,38H,1-3,7,12,17-18,20-21H2/t24-,30+,31+/m0/s1. The van der Waals surface area contributed by atoms with Gasteiger partial charge in [0.25, 0.3) is 0 Å². The lowest BCUT2D eigenvalue weighted by Crippen LogP contribution is -2.39. The third-order valence-corrected chi connectivity index (χ3v) is 10.2. The van der Waals surface area contributed by atoms with Crippen molar-refractivity contribution in [1.29, 1.82) is 0 Å². The van der Waals surface area contributed by atoms with Gasteiger partial charge in [0.1, 0.15) is 11.6 Å². The Morgan fingerprint density at radius 2 is 1.48 bits per heavy atom. The molecule has 1 N–H and O–H groups in total. The Labute approximate surface area is 244 Å². The summed E-state index contributed by atoms with van der Waals surface area (Å²) in [7, 11) is -4.08. The van der Waals surface area contributed by atoms with E-state index in [0.717, 1.165) is 75.0 Å². The molecular weight excluding hydrogens is 571 g/mol. The van der Waals surface area contributed by atoms with E-state index in [1.165, 1.54) is 30.3 Å². The van der Waals surface area contributed by atoms with Gasteiger partial charge in [0.05, 0.1) is 10.5 Å². The molecule has 42 heavy (non-hydrogen) atoms. The van der Waals surface area contributed by atoms with Crippen LogP contribution >= 0.6 is 0 Å². The SMILES string of the molecule is O=S(=O)(N[C@@H]1CC[C@H]2CN(CCCCCC(c3ccc(F)cc3)c3ccc(F)cc3)C[C@H]21)c1cccc(C(F)(F)F)c1. The molecule has 10 heteroatoms. The van der Waals surface area contributed by atoms with Gasteiger partial charge in [-0.25, -0.2) is 21.9 Å². The highest BCUT2D eigenvalue weighted by Crippen LogP contribution is 2.39. The lowest BCUT2D eigenvalue weighted by atomic mass is 9.87. The molecule has 0 spiro atoms. The van der Waals surface area contributed by atoms with Crippen molar-refractivity contribution in [2.45, 2.75) is 61.6 Å². The number of unbranched alkanes of at least 4 members (excludes halogenated alkanes) is 2. The van der Waals surface area contributed by atoms with Crippen LogP contribution in [0.4, 0.5) is 22.0 Å². The minimum Gasteiger partial charge on any atom is -0.303 e. The number of fused-ring (bicyclic) bond motifs is 1. The zero-order chi connectivity index (χ0) is 29.9. The van der Waals surface area contributed by atoms with Gasteiger partial charge in [0, 0.05) is 25.0 Å². The highest BCUT2D eigenvalue weighted by molar-refractivity contribution is 7.89. The lowest BCUT2D eigenvalue weighted by Gasteiger charge is -2.22. The van der Waals surface area contributed by atoms with E-state index < -0.39 is 21.8 Å². The van der Waals surface area contributed by atoms with Gasteiger partial charge >= 0.3 is 6.18 Å². The quantitative estimate of drug-likeness (QED) is 0.183. The molecule has 1 aliphatic heterocycles. The number of sulfonamides is 1. The largest absolute Gasteiger partial charge is 0.416 e. The van der Waals surface area contributed by atoms with Gasteiger partial charge in [-0.3, -0.25) is 0 Å². The van der Waals surface area contributed by atoms with E-state index in [0.29, 0.717) is 18.4 Å². The first-order chi connectivity index (χ1) is 20.0. The van der Waals surface area contributed by atoms with E-state index in [1.807, 2.05) is 0 Å². The highest BCUT2D eigenvalue weighted by Gasteiger charge is 2.44. The van der Waals surface area contributed by atoms with Crippen molar-refractivity contribution in [3.05, 3.63) is 101 Å². The lowest BCUT2D eigenvalue weighted by molar-refractivity contribution is -0.137. The Balaban J connectivity index is 1.11. The minimum atomic E-state index is -4.61. The minimum absolute atomic E-state index is 0.0444. The van der Waals surface area contributed by atoms with Gasteiger partial charge < -0.3 is 4.90 Å². The van der Waals surface area contributed by atoms with Gasteiger partial charge in [0.2, 0.25) is 10.0 Å². The third-order valence-electron chi connectivity index (χ3n) is 8.72. The Morgan fingerprint density at radius 1 is 0.833 bits per heavy atom. The number of rotatable bonds is 11. The maximum absolute atomic E-state index is 13.5. The molecule has 0 aromatic heterocycles. The van der Waals surface area contributed by atoms with Crippen molar-refractivity contribution in [1.82, 2.24) is 9.62 Å². The second kappa shape index (κ2) is 12.8. The fourth-order valence-electron chi connectivity index (χ4n) is 6.57. The Morgan fingerprint density at radius 3 is 2.10 bits per heavy atom. The molecule has 0 amide bonds. The van der Waals surface area contributed by atoms with Crippen LogP contribution < -0.4 is 4.72 Å². The van der Waals surface area contributed by atoms with Crippen LogP contribution in [0, 0.1) is 23.5 Å². The molecular formula is C32H35F5N2O2S. The van der Waals surface area contributed by atoms with E-state index in [-0.39, 0.29) is 34.4 Å². The van der Waals surface area contributed by atoms with Crippen molar-refractivity contribution in [2.75, 3.05) is 19.6 Å². The Kier molecular flexibility index (Phi) is 9.34. The Bertz CT molecular complexity index is 1400. The summed E-state index contributed by atoms with van der Waals surface area (Å²) in [4.78, 5) is 1.99. The summed E-state index contributed by atoms with van der Waals surface area (Å²) in [6.45, 7) is 2.53. The predicted molar refractivity (Wildman–Crippen MR) is 151 cm³/mol. The molecule has 3 atom stereocenters. The zero-order valence-corrected chi connectivity index (χ0v) is 24.0. The summed E-state index contributed by atoms with van der Waals surface area (Å²) < 4.78 is 94.9. The topological polar surface area (TPSA) is 49.4 Å². The third kappa shape index (κ3) is 7.38. The molecule has 1 saturated heterocycles. The number of benzene rings is 3. The number of alkyl halides is 3. The van der Waals surface area contributed by atoms with Gasteiger partial charge in [-0.15, -0.1) is 0 Å². The summed E-state index contributed by atoms with van der Waals surface area (Å²) in [5.74, 6) is -0.0502. The van der Waals surface area contributed by atoms with Crippen LogP contribution in [-0.2, 0) is 16.2 Å². The van der Waals surface area contributed by atoms with E-state index in [2.05, 4.69) is 9.62 Å². The van der Waals surface area contributed by atoms with Crippen molar-refractivity contribution in [2.24, 2.45) is 11.8 Å². The fourth-order valence-corrected chi connectivity index (χ4v) is 7.94. The Hall–Kier alpha value is -2.82. The summed E-state index contributed by atoms with van der Waals surface area (Å²) >= 11 is 0. The molecule has 3 aromatic carbocycles. The van der Waals surface area contributed by atoms with E-state index >= 15 is 0 Å². The first-order valence-corrected chi connectivity index (χ1v) is 15.9. The summed E-state index contributed by atoms with van der Waals surface area (Å²) in [5.41, 5.74) is 1.01. The maximum Gasteiger partial charge on any atom is 0.416 e. The fraction of sp³-hybridized carbons (Fsp3) is 0.438. The zero-order valence-electron chi connectivity index (χ0n) is 23.2. The number of hydrogen-bond donors (Lipinski definition) is 1. The summed E-state index contributed by atoms with van der Waals surface area (Å²) in [6, 6.07) is 16.5. The van der Waals surface area contributed by atoms with Gasteiger partial charge in [-0.05, 0) is 97.7 Å². The monoisotopic (exact) mass is 606 g/mol. The molecule has 226 valence electrons. The number of nitrogens with one attached hydrogen (secondary N) is 1. The van der Waals surface area contributed by atoms with Crippen LogP contribution in [0.25, 0.3) is 0 Å². The number of halogens is 5. The molecule has 0 bridgehead atoms. The van der Waals surface area contributed by atoms with E-state index in [9.17, 15) is 30.4 Å². The maximum atomic E-state index is 13.5. The van der Waals surface area contributed by atoms with Crippen LogP contribution in [0.2, 0.25) is 0 Å². The predicted octanol–water partition coefficient (Wildman–Crippen LogP) is 7.36. The van der Waals surface area contributed by atoms with Crippen LogP contribution in [0.5, 0.6) is 0 Å². The molecule has 5 rings (SSSR count). The highest BCUT2D eigenvalue weighted by atomic mass is 32.2. The molecule has 2 aliphatic rings. The molecule has 1 aliphatic carbocycles. The van der Waals surface area contributed by atoms with Crippen LogP contribution in [0.15, 0.2) is 77.7 Å².